The van der Waals surface area contributed by atoms with Gasteiger partial charge in [-0.3, -0.25) is 0 Å². The first-order chi connectivity index (χ1) is 1.00. The third-order valence-corrected chi connectivity index (χ3v) is 0. The van der Waals surface area contributed by atoms with Gasteiger partial charge in [0.2, 0.25) is 0 Å². The molecule has 0 heterocycles. The van der Waals surface area contributed by atoms with Gasteiger partial charge in [0.1, 0.15) is 0 Å². The SMILES string of the molecule is [Co].[Fe].[Mn].[Ni].[S]=[Zn]. The van der Waals surface area contributed by atoms with Crippen molar-refractivity contribution in [2.45, 2.75) is 0 Å². The van der Waals surface area contributed by atoms with Crippen molar-refractivity contribution in [3.63, 3.8) is 0 Å². The summed E-state index contributed by atoms with van der Waals surface area (Å²) in [5.74, 6) is 0. The first-order valence-corrected chi connectivity index (χ1v) is 4.50. The summed E-state index contributed by atoms with van der Waals surface area (Å²) in [6.07, 6.45) is 0. The Bertz CT molecular complexity index is 15.5. The Hall–Kier alpha value is 2.88. The first kappa shape index (κ1) is 36.6. The zero-order valence-corrected chi connectivity index (χ0v) is 10.6. The number of hydrogen-bond donors (Lipinski definition) is 0. The quantitative estimate of drug-likeness (QED) is 0.589. The summed E-state index contributed by atoms with van der Waals surface area (Å²) in [7, 11) is 4.21. The first-order valence-electron chi connectivity index (χ1n) is 0.289. The van der Waals surface area contributed by atoms with Crippen LogP contribution in [0.25, 0.3) is 0 Å². The molecule has 0 atom stereocenters. The predicted molar refractivity (Wildman–Crippen MR) is 7.59 cm³/mol. The van der Waals surface area contributed by atoms with Crippen LogP contribution in [0.15, 0.2) is 0 Å². The van der Waals surface area contributed by atoms with Gasteiger partial charge in [0.15, 0.2) is 0 Å². The van der Waals surface area contributed by atoms with Crippen LogP contribution < -0.4 is 0 Å². The van der Waals surface area contributed by atoms with E-state index in [1.807, 2.05) is 0 Å². The maximum atomic E-state index is 4.21. The van der Waals surface area contributed by atoms with Gasteiger partial charge >= 0.3 is 26.7 Å². The summed E-state index contributed by atoms with van der Waals surface area (Å²) in [6, 6.07) is 0. The second-order valence-corrected chi connectivity index (χ2v) is 0. The maximum absolute atomic E-state index is 4.21. The van der Waals surface area contributed by atoms with Gasteiger partial charge in [0.25, 0.3) is 0 Å². The molecule has 42 valence electrons. The van der Waals surface area contributed by atoms with Crippen LogP contribution in [0.4, 0.5) is 0 Å². The van der Waals surface area contributed by atoms with Crippen molar-refractivity contribution in [2.24, 2.45) is 0 Å². The fourth-order valence-electron chi connectivity index (χ4n) is 0. The van der Waals surface area contributed by atoms with Gasteiger partial charge in [0, 0.05) is 67.4 Å². The van der Waals surface area contributed by atoms with Crippen LogP contribution in [-0.4, -0.2) is 0 Å². The summed E-state index contributed by atoms with van der Waals surface area (Å²) in [6.45, 7) is 0. The van der Waals surface area contributed by atoms with Crippen LogP contribution in [0.3, 0.4) is 0 Å². The molecule has 0 spiro atoms. The van der Waals surface area contributed by atoms with E-state index < -0.39 is 0 Å². The molecule has 0 aromatic carbocycles. The molecule has 0 aliphatic heterocycles. The average molecular weight is 326 g/mol. The molecule has 2 radical (unpaired) electrons. The summed E-state index contributed by atoms with van der Waals surface area (Å²) in [5, 5.41) is 0. The van der Waals surface area contributed by atoms with Crippen LogP contribution in [0.1, 0.15) is 0 Å². The van der Waals surface area contributed by atoms with Gasteiger partial charge in [-0.1, -0.05) is 0 Å². The molecule has 0 rings (SSSR count). The molecule has 0 saturated carbocycles. The van der Waals surface area contributed by atoms with E-state index in [0.717, 1.165) is 16.6 Å². The standard InChI is InChI=1S/Co.Fe.Mn.Ni.S.Zn. The van der Waals surface area contributed by atoms with Gasteiger partial charge in [-0.2, -0.15) is 0 Å². The van der Waals surface area contributed by atoms with E-state index in [2.05, 4.69) is 10.1 Å². The summed E-state index contributed by atoms with van der Waals surface area (Å²) >= 11 is 0.958. The summed E-state index contributed by atoms with van der Waals surface area (Å²) in [4.78, 5) is 0. The minimum atomic E-state index is 0. The molecule has 0 aliphatic rings. The molecule has 0 N–H and O–H groups in total. The molecule has 0 nitrogen and oxygen atoms in total. The van der Waals surface area contributed by atoms with Crippen molar-refractivity contribution in [2.75, 3.05) is 0 Å². The van der Waals surface area contributed by atoms with Crippen molar-refractivity contribution in [3.8, 4) is 0 Å². The Morgan fingerprint density at radius 3 is 1.17 bits per heavy atom. The molecular formula is CoFeMnNiSZn. The molecular weight excluding hydrogens is 326 g/mol. The average Bonchev–Trinajstić information content (AvgIpc) is 1.00. The molecule has 6 heavy (non-hydrogen) atoms. The number of hydrogen-bond acceptors (Lipinski definition) is 1. The molecule has 0 aromatic rings. The van der Waals surface area contributed by atoms with Crippen molar-refractivity contribution in [3.05, 3.63) is 0 Å². The summed E-state index contributed by atoms with van der Waals surface area (Å²) in [5.41, 5.74) is 0. The predicted octanol–water partition coefficient (Wildman–Crippen LogP) is 0.636. The normalized spacial score (nSPS) is 1.00. The van der Waals surface area contributed by atoms with Crippen LogP contribution in [0.2, 0.25) is 0 Å². The van der Waals surface area contributed by atoms with Crippen LogP contribution in [0.5, 0.6) is 0 Å². The Morgan fingerprint density at radius 2 is 1.17 bits per heavy atom. The molecule has 6 heteroatoms. The van der Waals surface area contributed by atoms with Crippen LogP contribution >= 0.6 is 10.1 Å². The van der Waals surface area contributed by atoms with E-state index in [1.54, 1.807) is 0 Å². The molecule has 0 aliphatic carbocycles. The Kier molecular flexibility index (Phi) is 274. The van der Waals surface area contributed by atoms with E-state index in [0.29, 0.717) is 0 Å². The third-order valence-electron chi connectivity index (χ3n) is 0. The van der Waals surface area contributed by atoms with Gasteiger partial charge < -0.3 is 0 Å². The zero-order valence-electron chi connectivity index (χ0n) is 2.50. The van der Waals surface area contributed by atoms with E-state index >= 15 is 0 Å². The van der Waals surface area contributed by atoms with Crippen LogP contribution in [0, 0.1) is 0 Å². The fourth-order valence-corrected chi connectivity index (χ4v) is 0. The van der Waals surface area contributed by atoms with Gasteiger partial charge in [-0.25, -0.2) is 0 Å². The molecule has 0 amide bonds. The second kappa shape index (κ2) is 44.9. The second-order valence-electron chi connectivity index (χ2n) is 0. The van der Waals surface area contributed by atoms with Crippen molar-refractivity contribution >= 4 is 10.1 Å². The Balaban J connectivity index is -0.000000000833. The monoisotopic (exact) mass is 324 g/mol. The van der Waals surface area contributed by atoms with Crippen LogP contribution in [-0.2, 0) is 84.0 Å². The van der Waals surface area contributed by atoms with E-state index in [1.165, 1.54) is 0 Å². The Morgan fingerprint density at radius 1 is 1.17 bits per heavy atom. The van der Waals surface area contributed by atoms with Crippen molar-refractivity contribution in [1.29, 1.82) is 0 Å². The van der Waals surface area contributed by atoms with Crippen molar-refractivity contribution < 1.29 is 84.0 Å². The molecule has 0 unspecified atom stereocenters. The van der Waals surface area contributed by atoms with E-state index in [4.69, 9.17) is 0 Å². The molecule has 0 aromatic heterocycles. The molecule has 0 fully saturated rings. The topological polar surface area (TPSA) is 0 Å². The Labute approximate surface area is 92.7 Å². The van der Waals surface area contributed by atoms with E-state index in [9.17, 15) is 0 Å². The molecule has 0 saturated heterocycles. The van der Waals surface area contributed by atoms with Gasteiger partial charge in [-0.15, -0.1) is 0 Å². The zero-order chi connectivity index (χ0) is 2.00. The number of rotatable bonds is 0. The van der Waals surface area contributed by atoms with Gasteiger partial charge in [-0.05, 0) is 0 Å². The summed E-state index contributed by atoms with van der Waals surface area (Å²) < 4.78 is 0. The van der Waals surface area contributed by atoms with Crippen molar-refractivity contribution in [1.82, 2.24) is 0 Å². The van der Waals surface area contributed by atoms with Gasteiger partial charge in [0.05, 0.1) is 0 Å². The van der Waals surface area contributed by atoms with E-state index in [-0.39, 0.29) is 67.4 Å². The third kappa shape index (κ3) is 28.7. The minimum absolute atomic E-state index is 0. The fraction of sp³-hybridized carbons (Fsp3) is 0. The molecule has 0 bridgehead atoms.